The van der Waals surface area contributed by atoms with E-state index in [1.54, 1.807) is 42.0 Å². The van der Waals surface area contributed by atoms with Gasteiger partial charge in [-0.2, -0.15) is 16.4 Å². The van der Waals surface area contributed by atoms with Gasteiger partial charge in [-0.1, -0.05) is 0 Å². The molecule has 0 aliphatic carbocycles. The molecule has 4 heterocycles. The van der Waals surface area contributed by atoms with Crippen molar-refractivity contribution in [3.8, 4) is 22.6 Å². The van der Waals surface area contributed by atoms with Gasteiger partial charge in [0.2, 0.25) is 0 Å². The molecule has 7 heteroatoms. The average Bonchev–Trinajstić information content (AvgIpc) is 3.41. The van der Waals surface area contributed by atoms with Crippen LogP contribution in [0.4, 0.5) is 0 Å². The topological polar surface area (TPSA) is 83.8 Å². The minimum absolute atomic E-state index is 0.255. The Morgan fingerprint density at radius 2 is 2.20 bits per heavy atom. The number of aromatic nitrogens is 3. The van der Waals surface area contributed by atoms with Gasteiger partial charge in [-0.05, 0) is 46.2 Å². The summed E-state index contributed by atoms with van der Waals surface area (Å²) in [6.45, 7) is 0.382. The van der Waals surface area contributed by atoms with Crippen LogP contribution in [0.3, 0.4) is 0 Å². The van der Waals surface area contributed by atoms with E-state index >= 15 is 0 Å². The summed E-state index contributed by atoms with van der Waals surface area (Å²) < 4.78 is 5.28. The van der Waals surface area contributed by atoms with Gasteiger partial charge in [0, 0.05) is 30.6 Å². The van der Waals surface area contributed by atoms with E-state index in [2.05, 4.69) is 25.9 Å². The summed E-state index contributed by atoms with van der Waals surface area (Å²) in [7, 11) is 0. The molecule has 0 spiro atoms. The molecular weight excluding hydrogens is 336 g/mol. The maximum Gasteiger partial charge on any atom is 0.272 e. The van der Waals surface area contributed by atoms with Crippen LogP contribution in [0.5, 0.6) is 0 Å². The van der Waals surface area contributed by atoms with Gasteiger partial charge in [-0.25, -0.2) is 0 Å². The van der Waals surface area contributed by atoms with Gasteiger partial charge < -0.3 is 9.73 Å². The largest absolute Gasteiger partial charge is 0.463 e. The van der Waals surface area contributed by atoms with Crippen LogP contribution in [-0.4, -0.2) is 21.1 Å². The number of thiophene rings is 1. The minimum Gasteiger partial charge on any atom is -0.463 e. The van der Waals surface area contributed by atoms with Gasteiger partial charge >= 0.3 is 0 Å². The fourth-order valence-corrected chi connectivity index (χ4v) is 3.10. The molecule has 4 rings (SSSR count). The van der Waals surface area contributed by atoms with Crippen molar-refractivity contribution in [1.82, 2.24) is 20.5 Å². The molecule has 2 N–H and O–H groups in total. The molecule has 4 aromatic rings. The van der Waals surface area contributed by atoms with Crippen LogP contribution < -0.4 is 5.32 Å². The molecule has 0 fully saturated rings. The summed E-state index contributed by atoms with van der Waals surface area (Å²) in [5, 5.41) is 13.8. The molecule has 0 aromatic carbocycles. The number of carbonyl (C=O) groups is 1. The molecule has 25 heavy (non-hydrogen) atoms. The van der Waals surface area contributed by atoms with Gasteiger partial charge in [-0.15, -0.1) is 0 Å². The Morgan fingerprint density at radius 3 is 3.00 bits per heavy atom. The number of furan rings is 1. The van der Waals surface area contributed by atoms with Gasteiger partial charge in [0.1, 0.15) is 5.69 Å². The van der Waals surface area contributed by atoms with Crippen molar-refractivity contribution in [2.45, 2.75) is 6.54 Å². The normalized spacial score (nSPS) is 10.7. The number of nitrogens with one attached hydrogen (secondary N) is 2. The van der Waals surface area contributed by atoms with Crippen LogP contribution in [0.25, 0.3) is 22.6 Å². The van der Waals surface area contributed by atoms with Crippen LogP contribution in [0.2, 0.25) is 0 Å². The Bertz CT molecular complexity index is 974. The zero-order valence-corrected chi connectivity index (χ0v) is 13.9. The molecule has 0 unspecified atom stereocenters. The molecule has 124 valence electrons. The van der Waals surface area contributed by atoms with E-state index in [0.717, 1.165) is 16.7 Å². The van der Waals surface area contributed by atoms with Gasteiger partial charge in [0.05, 0.1) is 6.26 Å². The molecular formula is C18H14N4O2S. The Morgan fingerprint density at radius 1 is 1.24 bits per heavy atom. The van der Waals surface area contributed by atoms with Crippen LogP contribution in [0.15, 0.2) is 64.2 Å². The first-order chi connectivity index (χ1) is 12.3. The number of H-pyrrole nitrogens is 1. The molecule has 0 atom stereocenters. The number of aromatic amines is 1. The van der Waals surface area contributed by atoms with Crippen molar-refractivity contribution >= 4 is 17.2 Å². The number of carbonyl (C=O) groups excluding carboxylic acids is 1. The SMILES string of the molecule is O=C(NCc1cncc(-c2ccsc2)c1)c1cc(-c2ccco2)[nH]n1. The standard InChI is InChI=1S/C18H14N4O2S/c23-18(16-7-15(21-22-16)17-2-1-4-24-17)20-9-12-6-14(10-19-8-12)13-3-5-25-11-13/h1-8,10-11H,9H2,(H,20,23)(H,21,22). The first-order valence-electron chi connectivity index (χ1n) is 7.63. The average molecular weight is 350 g/mol. The zero-order chi connectivity index (χ0) is 17.1. The van der Waals surface area contributed by atoms with Crippen molar-refractivity contribution in [3.63, 3.8) is 0 Å². The van der Waals surface area contributed by atoms with Gasteiger partial charge in [0.15, 0.2) is 11.5 Å². The Labute approximate surface area is 147 Å². The van der Waals surface area contributed by atoms with Gasteiger partial charge in [-0.3, -0.25) is 14.9 Å². The summed E-state index contributed by atoms with van der Waals surface area (Å²) in [5.74, 6) is 0.384. The Hall–Kier alpha value is -3.19. The predicted octanol–water partition coefficient (Wildman–Crippen LogP) is 3.72. The van der Waals surface area contributed by atoms with Crippen LogP contribution >= 0.6 is 11.3 Å². The molecule has 1 amide bonds. The van der Waals surface area contributed by atoms with Crippen molar-refractivity contribution in [2.75, 3.05) is 0 Å². The number of nitrogens with zero attached hydrogens (tertiary/aromatic N) is 2. The monoisotopic (exact) mass is 350 g/mol. The lowest BCUT2D eigenvalue weighted by atomic mass is 10.1. The first kappa shape index (κ1) is 15.3. The van der Waals surface area contributed by atoms with Crippen LogP contribution in [-0.2, 0) is 6.54 Å². The summed E-state index contributed by atoms with van der Waals surface area (Å²) in [6.07, 6.45) is 5.13. The number of rotatable bonds is 5. The van der Waals surface area contributed by atoms with Crippen molar-refractivity contribution in [2.24, 2.45) is 0 Å². The Kier molecular flexibility index (Phi) is 4.14. The summed E-state index contributed by atoms with van der Waals surface area (Å²) in [6, 6.07) is 9.31. The number of pyridine rings is 1. The van der Waals surface area contributed by atoms with E-state index in [1.807, 2.05) is 23.7 Å². The molecule has 0 saturated heterocycles. The molecule has 6 nitrogen and oxygen atoms in total. The highest BCUT2D eigenvalue weighted by Gasteiger charge is 2.12. The lowest BCUT2D eigenvalue weighted by molar-refractivity contribution is 0.0946. The highest BCUT2D eigenvalue weighted by atomic mass is 32.1. The smallest absolute Gasteiger partial charge is 0.272 e. The molecule has 4 aromatic heterocycles. The lowest BCUT2D eigenvalue weighted by Crippen LogP contribution is -2.23. The predicted molar refractivity (Wildman–Crippen MR) is 95.0 cm³/mol. The second kappa shape index (κ2) is 6.74. The third kappa shape index (κ3) is 3.36. The second-order valence-corrected chi connectivity index (χ2v) is 6.20. The highest BCUT2D eigenvalue weighted by molar-refractivity contribution is 7.08. The quantitative estimate of drug-likeness (QED) is 0.574. The molecule has 0 aliphatic heterocycles. The van der Waals surface area contributed by atoms with E-state index in [9.17, 15) is 4.79 Å². The third-order valence-electron chi connectivity index (χ3n) is 3.70. The first-order valence-corrected chi connectivity index (χ1v) is 8.58. The van der Waals surface area contributed by atoms with Crippen molar-refractivity contribution in [3.05, 3.63) is 71.0 Å². The fourth-order valence-electron chi connectivity index (χ4n) is 2.44. The van der Waals surface area contributed by atoms with E-state index in [1.165, 1.54) is 0 Å². The van der Waals surface area contributed by atoms with E-state index in [0.29, 0.717) is 23.7 Å². The fraction of sp³-hybridized carbons (Fsp3) is 0.0556. The molecule has 0 aliphatic rings. The number of amides is 1. The van der Waals surface area contributed by atoms with Crippen LogP contribution in [0, 0.1) is 0 Å². The summed E-state index contributed by atoms with van der Waals surface area (Å²) in [4.78, 5) is 16.5. The minimum atomic E-state index is -0.255. The van der Waals surface area contributed by atoms with Crippen molar-refractivity contribution in [1.29, 1.82) is 0 Å². The molecule has 0 radical (unpaired) electrons. The zero-order valence-electron chi connectivity index (χ0n) is 13.1. The van der Waals surface area contributed by atoms with E-state index < -0.39 is 0 Å². The lowest BCUT2D eigenvalue weighted by Gasteiger charge is -2.05. The summed E-state index contributed by atoms with van der Waals surface area (Å²) in [5.41, 5.74) is 4.07. The molecule has 0 saturated carbocycles. The van der Waals surface area contributed by atoms with E-state index in [-0.39, 0.29) is 5.91 Å². The number of hydrogen-bond donors (Lipinski definition) is 2. The Balaban J connectivity index is 1.43. The third-order valence-corrected chi connectivity index (χ3v) is 4.38. The second-order valence-electron chi connectivity index (χ2n) is 5.42. The molecule has 0 bridgehead atoms. The summed E-state index contributed by atoms with van der Waals surface area (Å²) >= 11 is 1.64. The van der Waals surface area contributed by atoms with Crippen LogP contribution in [0.1, 0.15) is 16.1 Å². The van der Waals surface area contributed by atoms with Gasteiger partial charge in [0.25, 0.3) is 5.91 Å². The van der Waals surface area contributed by atoms with Crippen molar-refractivity contribution < 1.29 is 9.21 Å². The van der Waals surface area contributed by atoms with E-state index in [4.69, 9.17) is 4.42 Å². The maximum absolute atomic E-state index is 12.3. The highest BCUT2D eigenvalue weighted by Crippen LogP contribution is 2.22. The maximum atomic E-state index is 12.3. The number of hydrogen-bond acceptors (Lipinski definition) is 5.